The maximum atomic E-state index is 12.1. The molecule has 136 valence electrons. The summed E-state index contributed by atoms with van der Waals surface area (Å²) in [6.45, 7) is 6.07. The lowest BCUT2D eigenvalue weighted by molar-refractivity contribution is 0.0822. The smallest absolute Gasteiger partial charge is 0.271 e. The summed E-state index contributed by atoms with van der Waals surface area (Å²) in [4.78, 5) is 17.8. The molecule has 0 saturated heterocycles. The first-order valence-corrected chi connectivity index (χ1v) is 8.77. The molecule has 1 aromatic heterocycles. The Morgan fingerprint density at radius 3 is 2.58 bits per heavy atom. The molecule has 0 fully saturated rings. The van der Waals surface area contributed by atoms with E-state index in [1.165, 1.54) is 4.90 Å². The van der Waals surface area contributed by atoms with Crippen molar-refractivity contribution in [3.8, 4) is 22.9 Å². The van der Waals surface area contributed by atoms with Crippen molar-refractivity contribution in [2.45, 2.75) is 26.1 Å². The van der Waals surface area contributed by atoms with Crippen LogP contribution < -0.4 is 4.74 Å². The Labute approximate surface area is 159 Å². The minimum atomic E-state index is -0.274. The third kappa shape index (κ3) is 3.81. The van der Waals surface area contributed by atoms with E-state index in [4.69, 9.17) is 16.3 Å². The number of carbonyl (C=O) groups excluding carboxylic acids is 1. The SMILES string of the molecule is CCOc1c(C(C)Cl)cc(C)c(C#N)c1-c1ccc(C(=O)N(C)C)nc1. The molecule has 1 amide bonds. The van der Waals surface area contributed by atoms with E-state index in [9.17, 15) is 10.1 Å². The van der Waals surface area contributed by atoms with E-state index in [2.05, 4.69) is 11.1 Å². The third-order valence-electron chi connectivity index (χ3n) is 4.01. The van der Waals surface area contributed by atoms with Gasteiger partial charge in [-0.3, -0.25) is 9.78 Å². The number of hydrogen-bond acceptors (Lipinski definition) is 4. The van der Waals surface area contributed by atoms with Crippen molar-refractivity contribution >= 4 is 17.5 Å². The van der Waals surface area contributed by atoms with Gasteiger partial charge in [-0.2, -0.15) is 5.26 Å². The van der Waals surface area contributed by atoms with Crippen molar-refractivity contribution in [3.63, 3.8) is 0 Å². The van der Waals surface area contributed by atoms with Gasteiger partial charge in [0.15, 0.2) is 0 Å². The van der Waals surface area contributed by atoms with Crippen molar-refractivity contribution in [1.29, 1.82) is 5.26 Å². The molecule has 26 heavy (non-hydrogen) atoms. The number of amides is 1. The predicted molar refractivity (Wildman–Crippen MR) is 103 cm³/mol. The summed E-state index contributed by atoms with van der Waals surface area (Å²) in [6, 6.07) is 7.58. The van der Waals surface area contributed by atoms with E-state index >= 15 is 0 Å². The van der Waals surface area contributed by atoms with Gasteiger partial charge in [-0.05, 0) is 38.5 Å². The van der Waals surface area contributed by atoms with E-state index < -0.39 is 0 Å². The largest absolute Gasteiger partial charge is 0.493 e. The van der Waals surface area contributed by atoms with Crippen LogP contribution in [0.1, 0.15) is 46.4 Å². The Morgan fingerprint density at radius 1 is 1.42 bits per heavy atom. The molecule has 5 nitrogen and oxygen atoms in total. The number of aromatic nitrogens is 1. The summed E-state index contributed by atoms with van der Waals surface area (Å²) >= 11 is 6.34. The second-order valence-corrected chi connectivity index (χ2v) is 6.81. The number of halogens is 1. The first-order chi connectivity index (χ1) is 12.3. The van der Waals surface area contributed by atoms with Crippen LogP contribution in [0, 0.1) is 18.3 Å². The van der Waals surface area contributed by atoms with Gasteiger partial charge in [0, 0.05) is 37.0 Å². The number of nitriles is 1. The molecular formula is C20H22ClN3O2. The molecule has 1 heterocycles. The molecule has 1 atom stereocenters. The fraction of sp³-hybridized carbons (Fsp3) is 0.350. The standard InChI is InChI=1S/C20H22ClN3O2/c1-6-26-19-15(13(3)21)9-12(2)16(10-22)18(19)14-7-8-17(23-11-14)20(25)24(4)5/h7-9,11,13H,6H2,1-5H3. The number of carbonyl (C=O) groups is 1. The second kappa shape index (κ2) is 8.20. The number of aryl methyl sites for hydroxylation is 1. The predicted octanol–water partition coefficient (Wildman–Crippen LogP) is 4.33. The zero-order valence-electron chi connectivity index (χ0n) is 15.6. The molecule has 0 bridgehead atoms. The van der Waals surface area contributed by atoms with Gasteiger partial charge in [-0.15, -0.1) is 11.6 Å². The minimum Gasteiger partial charge on any atom is -0.493 e. The van der Waals surface area contributed by atoms with Gasteiger partial charge < -0.3 is 9.64 Å². The van der Waals surface area contributed by atoms with Gasteiger partial charge in [0.1, 0.15) is 17.5 Å². The van der Waals surface area contributed by atoms with Crippen LogP contribution in [0.2, 0.25) is 0 Å². The van der Waals surface area contributed by atoms with Crippen molar-refractivity contribution in [1.82, 2.24) is 9.88 Å². The topological polar surface area (TPSA) is 66.2 Å². The van der Waals surface area contributed by atoms with Crippen LogP contribution in [0.25, 0.3) is 11.1 Å². The third-order valence-corrected chi connectivity index (χ3v) is 4.25. The van der Waals surface area contributed by atoms with Crippen LogP contribution in [0.3, 0.4) is 0 Å². The van der Waals surface area contributed by atoms with Gasteiger partial charge in [-0.25, -0.2) is 0 Å². The minimum absolute atomic E-state index is 0.179. The summed E-state index contributed by atoms with van der Waals surface area (Å²) in [6.07, 6.45) is 1.59. The van der Waals surface area contributed by atoms with E-state index in [1.807, 2.05) is 26.8 Å². The van der Waals surface area contributed by atoms with E-state index in [-0.39, 0.29) is 11.3 Å². The summed E-state index contributed by atoms with van der Waals surface area (Å²) < 4.78 is 5.86. The molecule has 1 unspecified atom stereocenters. The van der Waals surface area contributed by atoms with Crippen molar-refractivity contribution in [2.75, 3.05) is 20.7 Å². The number of benzene rings is 1. The summed E-state index contributed by atoms with van der Waals surface area (Å²) in [5.41, 5.74) is 3.88. The molecule has 0 N–H and O–H groups in total. The highest BCUT2D eigenvalue weighted by Gasteiger charge is 2.22. The summed E-state index contributed by atoms with van der Waals surface area (Å²) in [5.74, 6) is 0.409. The average molecular weight is 372 g/mol. The van der Waals surface area contributed by atoms with Gasteiger partial charge in [0.25, 0.3) is 5.91 Å². The Bertz CT molecular complexity index is 853. The molecule has 0 saturated carbocycles. The Kier molecular flexibility index (Phi) is 6.23. The van der Waals surface area contributed by atoms with E-state index in [0.717, 1.165) is 11.1 Å². The number of alkyl halides is 1. The van der Waals surface area contributed by atoms with E-state index in [1.54, 1.807) is 32.4 Å². The monoisotopic (exact) mass is 371 g/mol. The van der Waals surface area contributed by atoms with Gasteiger partial charge in [0.05, 0.1) is 17.5 Å². The average Bonchev–Trinajstić information content (AvgIpc) is 2.61. The zero-order valence-corrected chi connectivity index (χ0v) is 16.4. The Hall–Kier alpha value is -2.58. The van der Waals surface area contributed by atoms with Crippen LogP contribution in [0.5, 0.6) is 5.75 Å². The lowest BCUT2D eigenvalue weighted by Crippen LogP contribution is -2.22. The van der Waals surface area contributed by atoms with Crippen molar-refractivity contribution in [2.24, 2.45) is 0 Å². The van der Waals surface area contributed by atoms with E-state index in [0.29, 0.717) is 34.7 Å². The number of pyridine rings is 1. The molecule has 0 aliphatic rings. The molecule has 2 aromatic rings. The Balaban J connectivity index is 2.71. The fourth-order valence-corrected chi connectivity index (χ4v) is 2.90. The molecule has 6 heteroatoms. The maximum absolute atomic E-state index is 12.1. The van der Waals surface area contributed by atoms with Crippen molar-refractivity contribution in [3.05, 3.63) is 46.8 Å². The zero-order chi connectivity index (χ0) is 19.4. The normalized spacial score (nSPS) is 11.6. The summed E-state index contributed by atoms with van der Waals surface area (Å²) in [5, 5.41) is 9.40. The first-order valence-electron chi connectivity index (χ1n) is 8.34. The van der Waals surface area contributed by atoms with Crippen molar-refractivity contribution < 1.29 is 9.53 Å². The van der Waals surface area contributed by atoms with Gasteiger partial charge in [-0.1, -0.05) is 6.07 Å². The first kappa shape index (κ1) is 19.7. The molecular weight excluding hydrogens is 350 g/mol. The summed E-state index contributed by atoms with van der Waals surface area (Å²) in [7, 11) is 3.35. The molecule has 0 aliphatic carbocycles. The number of ether oxygens (including phenoxy) is 1. The van der Waals surface area contributed by atoms with Crippen LogP contribution in [0.15, 0.2) is 24.4 Å². The quantitative estimate of drug-likeness (QED) is 0.734. The highest BCUT2D eigenvalue weighted by molar-refractivity contribution is 6.21. The number of hydrogen-bond donors (Lipinski definition) is 0. The second-order valence-electron chi connectivity index (χ2n) is 6.15. The number of rotatable bonds is 5. The molecule has 2 rings (SSSR count). The molecule has 0 spiro atoms. The molecule has 0 aliphatic heterocycles. The maximum Gasteiger partial charge on any atom is 0.271 e. The van der Waals surface area contributed by atoms with Crippen LogP contribution >= 0.6 is 11.6 Å². The van der Waals surface area contributed by atoms with Crippen LogP contribution in [-0.2, 0) is 0 Å². The van der Waals surface area contributed by atoms with Crippen LogP contribution in [0.4, 0.5) is 0 Å². The molecule has 1 aromatic carbocycles. The van der Waals surface area contributed by atoms with Gasteiger partial charge >= 0.3 is 0 Å². The molecule has 0 radical (unpaired) electrons. The highest BCUT2D eigenvalue weighted by Crippen LogP contribution is 2.42. The lowest BCUT2D eigenvalue weighted by Gasteiger charge is -2.20. The fourth-order valence-electron chi connectivity index (χ4n) is 2.74. The van der Waals surface area contributed by atoms with Gasteiger partial charge in [0.2, 0.25) is 0 Å². The lowest BCUT2D eigenvalue weighted by atomic mass is 9.92. The van der Waals surface area contributed by atoms with Crippen LogP contribution in [-0.4, -0.2) is 36.5 Å². The highest BCUT2D eigenvalue weighted by atomic mass is 35.5. The number of nitrogens with zero attached hydrogens (tertiary/aromatic N) is 3. The Morgan fingerprint density at radius 2 is 2.12 bits per heavy atom.